The van der Waals surface area contributed by atoms with Crippen molar-refractivity contribution in [2.24, 2.45) is 0 Å². The highest BCUT2D eigenvalue weighted by molar-refractivity contribution is 7.86. The second kappa shape index (κ2) is 7.77. The molecular formula is C20H23F2N3O2S. The van der Waals surface area contributed by atoms with Crippen LogP contribution in [0.25, 0.3) is 0 Å². The smallest absolute Gasteiger partial charge is 0.282 e. The number of hydrogen-bond acceptors (Lipinski definition) is 3. The molecule has 0 amide bonds. The molecule has 150 valence electrons. The Morgan fingerprint density at radius 3 is 2.29 bits per heavy atom. The van der Waals surface area contributed by atoms with E-state index in [2.05, 4.69) is 5.32 Å². The zero-order valence-electron chi connectivity index (χ0n) is 15.4. The fourth-order valence-electron chi connectivity index (χ4n) is 4.02. The van der Waals surface area contributed by atoms with Crippen LogP contribution in [0, 0.1) is 11.6 Å². The molecule has 2 aromatic rings. The molecule has 2 unspecified atom stereocenters. The molecule has 0 bridgehead atoms. The summed E-state index contributed by atoms with van der Waals surface area (Å²) in [5.41, 5.74) is 1.45. The van der Waals surface area contributed by atoms with Gasteiger partial charge in [-0.15, -0.1) is 0 Å². The van der Waals surface area contributed by atoms with Gasteiger partial charge in [0.1, 0.15) is 0 Å². The van der Waals surface area contributed by atoms with Gasteiger partial charge in [0.2, 0.25) is 0 Å². The van der Waals surface area contributed by atoms with Crippen LogP contribution in [0.3, 0.4) is 0 Å². The Morgan fingerprint density at radius 2 is 1.61 bits per heavy atom. The van der Waals surface area contributed by atoms with Crippen molar-refractivity contribution in [1.29, 1.82) is 0 Å². The van der Waals surface area contributed by atoms with E-state index in [1.165, 1.54) is 14.7 Å². The molecule has 0 radical (unpaired) electrons. The summed E-state index contributed by atoms with van der Waals surface area (Å²) in [4.78, 5) is 0. The number of hydrogen-bond donors (Lipinski definition) is 1. The van der Waals surface area contributed by atoms with Crippen molar-refractivity contribution in [3.05, 3.63) is 65.7 Å². The molecule has 4 rings (SSSR count). The quantitative estimate of drug-likeness (QED) is 0.828. The van der Waals surface area contributed by atoms with Crippen LogP contribution < -0.4 is 5.32 Å². The highest BCUT2D eigenvalue weighted by atomic mass is 32.2. The van der Waals surface area contributed by atoms with Crippen LogP contribution >= 0.6 is 0 Å². The predicted octanol–water partition coefficient (Wildman–Crippen LogP) is 3.19. The molecule has 0 aromatic heterocycles. The predicted molar refractivity (Wildman–Crippen MR) is 104 cm³/mol. The van der Waals surface area contributed by atoms with Crippen molar-refractivity contribution in [3.8, 4) is 0 Å². The molecule has 2 aliphatic rings. The molecule has 2 aromatic carbocycles. The summed E-state index contributed by atoms with van der Waals surface area (Å²) in [5.74, 6) is -1.93. The normalized spacial score (nSPS) is 23.9. The first-order chi connectivity index (χ1) is 13.4. The van der Waals surface area contributed by atoms with Gasteiger partial charge in [0.15, 0.2) is 11.6 Å². The number of nitrogens with one attached hydrogen (secondary N) is 1. The van der Waals surface area contributed by atoms with E-state index in [1.54, 1.807) is 0 Å². The Hall–Kier alpha value is -2.03. The molecule has 0 saturated carbocycles. The first kappa shape index (κ1) is 19.3. The lowest BCUT2D eigenvalue weighted by Gasteiger charge is -2.23. The molecule has 0 aliphatic carbocycles. The first-order valence-corrected chi connectivity index (χ1v) is 10.9. The van der Waals surface area contributed by atoms with E-state index in [4.69, 9.17) is 0 Å². The maximum absolute atomic E-state index is 13.6. The van der Waals surface area contributed by atoms with Crippen molar-refractivity contribution in [2.75, 3.05) is 31.5 Å². The molecule has 28 heavy (non-hydrogen) atoms. The van der Waals surface area contributed by atoms with E-state index in [0.29, 0.717) is 25.3 Å². The summed E-state index contributed by atoms with van der Waals surface area (Å²) >= 11 is 0. The number of nitrogens with zero attached hydrogens (tertiary/aromatic N) is 2. The standard InChI is InChI=1S/C20H23F2N3O2S/c21-18-9-8-16(12-19(18)22)23-20-14-25(28(26,27)24-10-4-5-11-24)13-17(20)15-6-2-1-3-7-15/h1-3,6-9,12,17,20,23H,4-5,10-11,13-14H2. The lowest BCUT2D eigenvalue weighted by Crippen LogP contribution is -2.42. The summed E-state index contributed by atoms with van der Waals surface area (Å²) in [5, 5.41) is 3.22. The summed E-state index contributed by atoms with van der Waals surface area (Å²) < 4.78 is 56.0. The molecule has 2 atom stereocenters. The van der Waals surface area contributed by atoms with Crippen molar-refractivity contribution in [1.82, 2.24) is 8.61 Å². The number of halogens is 2. The molecule has 2 heterocycles. The van der Waals surface area contributed by atoms with Crippen LogP contribution in [0.1, 0.15) is 24.3 Å². The van der Waals surface area contributed by atoms with Crippen molar-refractivity contribution >= 4 is 15.9 Å². The lowest BCUT2D eigenvalue weighted by molar-refractivity contribution is 0.394. The highest BCUT2D eigenvalue weighted by Gasteiger charge is 2.42. The summed E-state index contributed by atoms with van der Waals surface area (Å²) in [6.45, 7) is 1.73. The molecule has 5 nitrogen and oxygen atoms in total. The monoisotopic (exact) mass is 407 g/mol. The van der Waals surface area contributed by atoms with Crippen molar-refractivity contribution in [2.45, 2.75) is 24.8 Å². The average molecular weight is 407 g/mol. The molecule has 1 N–H and O–H groups in total. The van der Waals surface area contributed by atoms with E-state index in [0.717, 1.165) is 30.5 Å². The van der Waals surface area contributed by atoms with Crippen LogP contribution in [0.15, 0.2) is 48.5 Å². The maximum Gasteiger partial charge on any atom is 0.282 e. The van der Waals surface area contributed by atoms with Gasteiger partial charge < -0.3 is 5.32 Å². The van der Waals surface area contributed by atoms with Gasteiger partial charge >= 0.3 is 0 Å². The minimum atomic E-state index is -3.53. The molecule has 8 heteroatoms. The van der Waals surface area contributed by atoms with Gasteiger partial charge in [0, 0.05) is 49.9 Å². The Kier molecular flexibility index (Phi) is 5.35. The van der Waals surface area contributed by atoms with Crippen LogP contribution in [0.4, 0.5) is 14.5 Å². The van der Waals surface area contributed by atoms with E-state index in [-0.39, 0.29) is 18.5 Å². The van der Waals surface area contributed by atoms with Crippen LogP contribution in [0.5, 0.6) is 0 Å². The molecule has 0 spiro atoms. The fraction of sp³-hybridized carbons (Fsp3) is 0.400. The largest absolute Gasteiger partial charge is 0.380 e. The van der Waals surface area contributed by atoms with Crippen molar-refractivity contribution in [3.63, 3.8) is 0 Å². The Morgan fingerprint density at radius 1 is 0.893 bits per heavy atom. The highest BCUT2D eigenvalue weighted by Crippen LogP contribution is 2.33. The maximum atomic E-state index is 13.6. The zero-order valence-corrected chi connectivity index (χ0v) is 16.2. The molecule has 2 fully saturated rings. The number of rotatable bonds is 5. The topological polar surface area (TPSA) is 52.7 Å². The SMILES string of the molecule is O=S(=O)(N1CCCC1)N1CC(Nc2ccc(F)c(F)c2)C(c2ccccc2)C1. The number of benzene rings is 2. The Labute approximate surface area is 164 Å². The molecule has 2 aliphatic heterocycles. The van der Waals surface area contributed by atoms with Gasteiger partial charge in [-0.05, 0) is 30.5 Å². The Bertz CT molecular complexity index is 934. The fourth-order valence-corrected chi connectivity index (χ4v) is 5.77. The van der Waals surface area contributed by atoms with E-state index in [1.807, 2.05) is 30.3 Å². The van der Waals surface area contributed by atoms with Crippen molar-refractivity contribution < 1.29 is 17.2 Å². The number of anilines is 1. The third kappa shape index (κ3) is 3.76. The van der Waals surface area contributed by atoms with Gasteiger partial charge in [0.25, 0.3) is 10.2 Å². The van der Waals surface area contributed by atoms with Gasteiger partial charge in [-0.25, -0.2) is 8.78 Å². The van der Waals surface area contributed by atoms with Gasteiger partial charge in [-0.2, -0.15) is 17.0 Å². The Balaban J connectivity index is 1.61. The lowest BCUT2D eigenvalue weighted by atomic mass is 9.94. The summed E-state index contributed by atoms with van der Waals surface area (Å²) in [7, 11) is -3.53. The minimum Gasteiger partial charge on any atom is -0.380 e. The van der Waals surface area contributed by atoms with Crippen LogP contribution in [0.2, 0.25) is 0 Å². The van der Waals surface area contributed by atoms with E-state index in [9.17, 15) is 17.2 Å². The van der Waals surface area contributed by atoms with Crippen LogP contribution in [-0.2, 0) is 10.2 Å². The van der Waals surface area contributed by atoms with Gasteiger partial charge in [0.05, 0.1) is 0 Å². The van der Waals surface area contributed by atoms with E-state index < -0.39 is 21.8 Å². The third-order valence-corrected chi connectivity index (χ3v) is 7.47. The average Bonchev–Trinajstić information content (AvgIpc) is 3.36. The molecular weight excluding hydrogens is 384 g/mol. The minimum absolute atomic E-state index is 0.0910. The molecule has 2 saturated heterocycles. The van der Waals surface area contributed by atoms with E-state index >= 15 is 0 Å². The summed E-state index contributed by atoms with van der Waals surface area (Å²) in [6, 6.07) is 13.1. The third-order valence-electron chi connectivity index (χ3n) is 5.50. The van der Waals surface area contributed by atoms with Gasteiger partial charge in [-0.3, -0.25) is 0 Å². The zero-order chi connectivity index (χ0) is 19.7. The second-order valence-corrected chi connectivity index (χ2v) is 9.26. The van der Waals surface area contributed by atoms with Crippen LogP contribution in [-0.4, -0.2) is 49.2 Å². The van der Waals surface area contributed by atoms with Gasteiger partial charge in [-0.1, -0.05) is 30.3 Å². The first-order valence-electron chi connectivity index (χ1n) is 9.47. The summed E-state index contributed by atoms with van der Waals surface area (Å²) in [6.07, 6.45) is 1.76. The second-order valence-electron chi connectivity index (χ2n) is 7.33.